The Balaban J connectivity index is 2.12. The van der Waals surface area contributed by atoms with Gasteiger partial charge >= 0.3 is 0 Å². The normalized spacial score (nSPS) is 25.0. The van der Waals surface area contributed by atoms with Gasteiger partial charge in [-0.2, -0.15) is 0 Å². The fourth-order valence-corrected chi connectivity index (χ4v) is 1.27. The first-order chi connectivity index (χ1) is 4.39. The molecule has 0 atom stereocenters. The van der Waals surface area contributed by atoms with E-state index in [0.29, 0.717) is 0 Å². The maximum Gasteiger partial charge on any atom is 0.0128 e. The lowest BCUT2D eigenvalue weighted by molar-refractivity contribution is 0.255. The molecule has 1 saturated heterocycles. The molecule has 0 bridgehead atoms. The first kappa shape index (κ1) is 7.03. The highest BCUT2D eigenvalue weighted by molar-refractivity contribution is 4.55. The Morgan fingerprint density at radius 2 is 1.22 bits per heavy atom. The van der Waals surface area contributed by atoms with E-state index in [0.717, 1.165) is 13.1 Å². The predicted molar refractivity (Wildman–Crippen MR) is 38.8 cm³/mol. The fraction of sp³-hybridized carbons (Fsp3) is 1.00. The summed E-state index contributed by atoms with van der Waals surface area (Å²) in [5.41, 5.74) is 0. The summed E-state index contributed by atoms with van der Waals surface area (Å²) in [5.74, 6) is 5.64. The van der Waals surface area contributed by atoms with Gasteiger partial charge in [0, 0.05) is 13.1 Å². The topological polar surface area (TPSA) is 29.3 Å². The van der Waals surface area contributed by atoms with Crippen molar-refractivity contribution in [1.29, 1.82) is 0 Å². The number of nitrogens with two attached hydrogens (primary N) is 1. The standard InChI is InChI=1S/C7H16N2/c8-9-6-4-2-1-3-5-7-9/h1-8H2. The third kappa shape index (κ3) is 2.82. The maximum atomic E-state index is 5.64. The first-order valence-electron chi connectivity index (χ1n) is 3.89. The lowest BCUT2D eigenvalue weighted by Crippen LogP contribution is -2.33. The van der Waals surface area contributed by atoms with E-state index in [1.54, 1.807) is 0 Å². The molecule has 0 aromatic heterocycles. The highest BCUT2D eigenvalue weighted by Gasteiger charge is 2.01. The molecule has 2 nitrogen and oxygen atoms in total. The van der Waals surface area contributed by atoms with E-state index in [1.807, 2.05) is 5.01 Å². The van der Waals surface area contributed by atoms with Crippen LogP contribution in [-0.4, -0.2) is 18.1 Å². The summed E-state index contributed by atoms with van der Waals surface area (Å²) >= 11 is 0. The van der Waals surface area contributed by atoms with Crippen molar-refractivity contribution in [3.8, 4) is 0 Å². The Bertz CT molecular complexity index is 65.3. The second-order valence-corrected chi connectivity index (χ2v) is 2.80. The van der Waals surface area contributed by atoms with Crippen molar-refractivity contribution in [2.75, 3.05) is 13.1 Å². The zero-order valence-corrected chi connectivity index (χ0v) is 5.97. The molecule has 2 heteroatoms. The fourth-order valence-electron chi connectivity index (χ4n) is 1.27. The minimum absolute atomic E-state index is 1.10. The molecule has 0 radical (unpaired) electrons. The van der Waals surface area contributed by atoms with Crippen LogP contribution in [-0.2, 0) is 0 Å². The summed E-state index contributed by atoms with van der Waals surface area (Å²) in [4.78, 5) is 0. The van der Waals surface area contributed by atoms with Gasteiger partial charge in [0.15, 0.2) is 0 Å². The van der Waals surface area contributed by atoms with Gasteiger partial charge in [0.05, 0.1) is 0 Å². The second-order valence-electron chi connectivity index (χ2n) is 2.80. The Kier molecular flexibility index (Phi) is 3.01. The molecule has 0 spiro atoms. The van der Waals surface area contributed by atoms with Crippen molar-refractivity contribution >= 4 is 0 Å². The molecule has 1 heterocycles. The van der Waals surface area contributed by atoms with Crippen molar-refractivity contribution < 1.29 is 0 Å². The minimum Gasteiger partial charge on any atom is -0.269 e. The van der Waals surface area contributed by atoms with Crippen LogP contribution in [0.4, 0.5) is 0 Å². The van der Waals surface area contributed by atoms with Crippen molar-refractivity contribution in [2.45, 2.75) is 32.1 Å². The summed E-state index contributed by atoms with van der Waals surface area (Å²) in [7, 11) is 0. The Hall–Kier alpha value is -0.0800. The van der Waals surface area contributed by atoms with E-state index in [1.165, 1.54) is 32.1 Å². The van der Waals surface area contributed by atoms with Crippen LogP contribution >= 0.6 is 0 Å². The van der Waals surface area contributed by atoms with Gasteiger partial charge in [0.25, 0.3) is 0 Å². The van der Waals surface area contributed by atoms with E-state index < -0.39 is 0 Å². The molecule has 0 aliphatic carbocycles. The largest absolute Gasteiger partial charge is 0.269 e. The van der Waals surface area contributed by atoms with Gasteiger partial charge in [-0.15, -0.1) is 0 Å². The maximum absolute atomic E-state index is 5.64. The Morgan fingerprint density at radius 1 is 0.778 bits per heavy atom. The monoisotopic (exact) mass is 128 g/mol. The van der Waals surface area contributed by atoms with E-state index in [4.69, 9.17) is 5.84 Å². The van der Waals surface area contributed by atoms with E-state index in [9.17, 15) is 0 Å². The molecule has 1 rings (SSSR count). The van der Waals surface area contributed by atoms with E-state index in [2.05, 4.69) is 0 Å². The van der Waals surface area contributed by atoms with E-state index >= 15 is 0 Å². The van der Waals surface area contributed by atoms with Crippen LogP contribution < -0.4 is 5.84 Å². The average Bonchev–Trinajstić information content (AvgIpc) is 1.79. The van der Waals surface area contributed by atoms with Crippen LogP contribution in [0.2, 0.25) is 0 Å². The molecule has 1 fully saturated rings. The van der Waals surface area contributed by atoms with E-state index in [-0.39, 0.29) is 0 Å². The Morgan fingerprint density at radius 3 is 1.78 bits per heavy atom. The average molecular weight is 128 g/mol. The van der Waals surface area contributed by atoms with Crippen LogP contribution in [0.1, 0.15) is 32.1 Å². The molecule has 0 aromatic rings. The smallest absolute Gasteiger partial charge is 0.0128 e. The van der Waals surface area contributed by atoms with Crippen LogP contribution in [0.25, 0.3) is 0 Å². The molecule has 0 amide bonds. The summed E-state index contributed by atoms with van der Waals surface area (Å²) in [6.07, 6.45) is 6.72. The molecule has 2 N–H and O–H groups in total. The number of rotatable bonds is 0. The summed E-state index contributed by atoms with van der Waals surface area (Å²) in [5, 5.41) is 1.94. The van der Waals surface area contributed by atoms with Gasteiger partial charge in [0.2, 0.25) is 0 Å². The highest BCUT2D eigenvalue weighted by atomic mass is 15.4. The molecular weight excluding hydrogens is 112 g/mol. The lowest BCUT2D eigenvalue weighted by atomic mass is 10.1. The molecule has 1 aliphatic heterocycles. The first-order valence-corrected chi connectivity index (χ1v) is 3.89. The summed E-state index contributed by atoms with van der Waals surface area (Å²) in [6, 6.07) is 0. The lowest BCUT2D eigenvalue weighted by Gasteiger charge is -2.18. The number of hydrogen-bond acceptors (Lipinski definition) is 2. The zero-order valence-electron chi connectivity index (χ0n) is 5.97. The molecule has 0 aromatic carbocycles. The molecule has 9 heavy (non-hydrogen) atoms. The SMILES string of the molecule is NN1CCCCCCC1. The predicted octanol–water partition coefficient (Wildman–Crippen LogP) is 1.13. The van der Waals surface area contributed by atoms with Gasteiger partial charge in [-0.25, -0.2) is 5.01 Å². The van der Waals surface area contributed by atoms with Crippen LogP contribution in [0.5, 0.6) is 0 Å². The molecule has 0 saturated carbocycles. The minimum atomic E-state index is 1.10. The molecule has 54 valence electrons. The van der Waals surface area contributed by atoms with Gasteiger partial charge < -0.3 is 0 Å². The Labute approximate surface area is 57.0 Å². The zero-order chi connectivity index (χ0) is 6.53. The van der Waals surface area contributed by atoms with Crippen molar-refractivity contribution in [2.24, 2.45) is 5.84 Å². The van der Waals surface area contributed by atoms with Crippen LogP contribution in [0, 0.1) is 0 Å². The van der Waals surface area contributed by atoms with Crippen LogP contribution in [0.3, 0.4) is 0 Å². The van der Waals surface area contributed by atoms with Crippen molar-refractivity contribution in [1.82, 2.24) is 5.01 Å². The van der Waals surface area contributed by atoms with Crippen molar-refractivity contribution in [3.05, 3.63) is 0 Å². The molecular formula is C7H16N2. The summed E-state index contributed by atoms with van der Waals surface area (Å²) in [6.45, 7) is 2.19. The van der Waals surface area contributed by atoms with Crippen molar-refractivity contribution in [3.63, 3.8) is 0 Å². The van der Waals surface area contributed by atoms with Gasteiger partial charge in [-0.3, -0.25) is 5.84 Å². The van der Waals surface area contributed by atoms with Gasteiger partial charge in [-0.05, 0) is 12.8 Å². The van der Waals surface area contributed by atoms with Gasteiger partial charge in [0.1, 0.15) is 0 Å². The van der Waals surface area contributed by atoms with Gasteiger partial charge in [-0.1, -0.05) is 19.3 Å². The highest BCUT2D eigenvalue weighted by Crippen LogP contribution is 2.07. The molecule has 0 unspecified atom stereocenters. The third-order valence-corrected chi connectivity index (χ3v) is 1.89. The number of nitrogens with zero attached hydrogens (tertiary/aromatic N) is 1. The second kappa shape index (κ2) is 3.85. The number of hydrazine groups is 1. The third-order valence-electron chi connectivity index (χ3n) is 1.89. The number of hydrogen-bond donors (Lipinski definition) is 1. The molecule has 1 aliphatic rings. The summed E-state index contributed by atoms with van der Waals surface area (Å²) < 4.78 is 0. The quantitative estimate of drug-likeness (QED) is 0.495. The van der Waals surface area contributed by atoms with Crippen LogP contribution in [0.15, 0.2) is 0 Å².